The maximum Gasteiger partial charge on any atom is 0.407 e. The van der Waals surface area contributed by atoms with Gasteiger partial charge in [0.1, 0.15) is 13.2 Å². The molecule has 1 aromatic carbocycles. The number of rotatable bonds is 7. The summed E-state index contributed by atoms with van der Waals surface area (Å²) in [6.07, 6.45) is 4.24. The first-order valence-electron chi connectivity index (χ1n) is 11.1. The largest absolute Gasteiger partial charge is 0.446 e. The van der Waals surface area contributed by atoms with Crippen LogP contribution in [-0.2, 0) is 20.5 Å². The molecule has 1 heterocycles. The van der Waals surface area contributed by atoms with Gasteiger partial charge in [0, 0.05) is 28.5 Å². The molecule has 0 bridgehead atoms. The predicted octanol–water partition coefficient (Wildman–Crippen LogP) is 3.75. The van der Waals surface area contributed by atoms with Gasteiger partial charge in [-0.2, -0.15) is 5.10 Å². The molecule has 0 spiro atoms. The standard InChI is InChI=1S/C23H31N4O4P/c1-23(10-11-23)25-22(29)31-17-7-6-16(13-17)19-14-20(27-26-19)24-21(28)12-15-4-8-18(9-5-15)32(2,3)30/h4-5,8-9,14,16-17H,6-7,10-13H2,1-3H3,(H,25,29)(H2,24,26,27,28)/t16?,17-/m1/s1. The lowest BCUT2D eigenvalue weighted by molar-refractivity contribution is -0.115. The Balaban J connectivity index is 1.26. The summed E-state index contributed by atoms with van der Waals surface area (Å²) in [6.45, 7) is 5.48. The van der Waals surface area contributed by atoms with Gasteiger partial charge < -0.3 is 19.9 Å². The minimum Gasteiger partial charge on any atom is -0.446 e. The number of hydrogen-bond donors (Lipinski definition) is 3. The zero-order valence-corrected chi connectivity index (χ0v) is 19.7. The number of nitrogens with zero attached hydrogens (tertiary/aromatic N) is 1. The summed E-state index contributed by atoms with van der Waals surface area (Å²) in [6, 6.07) is 9.16. The van der Waals surface area contributed by atoms with Crippen molar-refractivity contribution in [2.45, 2.75) is 63.0 Å². The monoisotopic (exact) mass is 458 g/mol. The van der Waals surface area contributed by atoms with Crippen molar-refractivity contribution in [3.8, 4) is 0 Å². The number of aromatic nitrogens is 2. The quantitative estimate of drug-likeness (QED) is 0.547. The molecule has 32 heavy (non-hydrogen) atoms. The highest BCUT2D eigenvalue weighted by molar-refractivity contribution is 7.70. The molecule has 2 saturated carbocycles. The van der Waals surface area contributed by atoms with Crippen molar-refractivity contribution >= 4 is 30.3 Å². The van der Waals surface area contributed by atoms with Crippen molar-refractivity contribution in [3.05, 3.63) is 41.6 Å². The summed E-state index contributed by atoms with van der Waals surface area (Å²) in [5.41, 5.74) is 1.71. The van der Waals surface area contributed by atoms with Crippen LogP contribution >= 0.6 is 7.14 Å². The second-order valence-electron chi connectivity index (χ2n) is 9.67. The van der Waals surface area contributed by atoms with E-state index in [1.807, 2.05) is 37.3 Å². The molecule has 1 unspecified atom stereocenters. The van der Waals surface area contributed by atoms with Crippen molar-refractivity contribution in [1.82, 2.24) is 15.5 Å². The fourth-order valence-electron chi connectivity index (χ4n) is 4.02. The topological polar surface area (TPSA) is 113 Å². The average Bonchev–Trinajstić information content (AvgIpc) is 3.07. The van der Waals surface area contributed by atoms with Gasteiger partial charge in [0.2, 0.25) is 5.91 Å². The van der Waals surface area contributed by atoms with Gasteiger partial charge in [-0.25, -0.2) is 4.79 Å². The van der Waals surface area contributed by atoms with Crippen LogP contribution in [0.5, 0.6) is 0 Å². The number of benzene rings is 1. The fraction of sp³-hybridized carbons (Fsp3) is 0.522. The highest BCUT2D eigenvalue weighted by atomic mass is 31.2. The molecule has 0 aliphatic heterocycles. The summed E-state index contributed by atoms with van der Waals surface area (Å²) in [5.74, 6) is 0.538. The third kappa shape index (κ3) is 5.80. The van der Waals surface area contributed by atoms with Gasteiger partial charge in [-0.05, 0) is 57.9 Å². The molecule has 2 atom stereocenters. The molecule has 2 aromatic rings. The van der Waals surface area contributed by atoms with Gasteiger partial charge in [-0.3, -0.25) is 9.89 Å². The van der Waals surface area contributed by atoms with Crippen molar-refractivity contribution in [1.29, 1.82) is 0 Å². The number of alkyl carbamates (subject to hydrolysis) is 1. The van der Waals surface area contributed by atoms with E-state index in [0.717, 1.165) is 48.7 Å². The summed E-state index contributed by atoms with van der Waals surface area (Å²) in [7, 11) is -2.30. The van der Waals surface area contributed by atoms with Crippen molar-refractivity contribution in [2.24, 2.45) is 0 Å². The molecule has 2 aliphatic rings. The Morgan fingerprint density at radius 2 is 1.94 bits per heavy atom. The molecule has 4 rings (SSSR count). The number of carbonyl (C=O) groups is 2. The van der Waals surface area contributed by atoms with E-state index in [9.17, 15) is 14.2 Å². The van der Waals surface area contributed by atoms with Crippen LogP contribution in [0.2, 0.25) is 0 Å². The Kier molecular flexibility index (Phi) is 6.17. The first kappa shape index (κ1) is 22.6. The SMILES string of the molecule is CC1(NC(=O)O[C@@H]2CCC(c3cc(NC(=O)Cc4ccc(P(C)(C)=O)cc4)n[nH]3)C2)CC1. The van der Waals surface area contributed by atoms with E-state index in [0.29, 0.717) is 5.82 Å². The lowest BCUT2D eigenvalue weighted by atomic mass is 10.0. The van der Waals surface area contributed by atoms with Crippen LogP contribution in [0.25, 0.3) is 0 Å². The molecule has 1 aromatic heterocycles. The van der Waals surface area contributed by atoms with Gasteiger partial charge in [0.15, 0.2) is 5.82 Å². The molecular weight excluding hydrogens is 427 g/mol. The number of hydrogen-bond acceptors (Lipinski definition) is 5. The number of amides is 2. The van der Waals surface area contributed by atoms with Crippen LogP contribution < -0.4 is 15.9 Å². The zero-order chi connectivity index (χ0) is 22.9. The maximum absolute atomic E-state index is 12.4. The second kappa shape index (κ2) is 8.74. The number of H-pyrrole nitrogens is 1. The van der Waals surface area contributed by atoms with Crippen molar-refractivity contribution in [2.75, 3.05) is 18.6 Å². The Hall–Kier alpha value is -2.60. The Labute approximate surface area is 188 Å². The Morgan fingerprint density at radius 1 is 1.22 bits per heavy atom. The van der Waals surface area contributed by atoms with E-state index in [1.165, 1.54) is 0 Å². The third-order valence-electron chi connectivity index (χ3n) is 6.29. The Morgan fingerprint density at radius 3 is 2.59 bits per heavy atom. The van der Waals surface area contributed by atoms with Gasteiger partial charge in [-0.15, -0.1) is 0 Å². The van der Waals surface area contributed by atoms with Crippen LogP contribution in [0.3, 0.4) is 0 Å². The first-order valence-corrected chi connectivity index (χ1v) is 13.7. The number of nitrogens with one attached hydrogen (secondary N) is 3. The smallest absolute Gasteiger partial charge is 0.407 e. The average molecular weight is 458 g/mol. The van der Waals surface area contributed by atoms with E-state index in [-0.39, 0.29) is 36.0 Å². The highest BCUT2D eigenvalue weighted by Gasteiger charge is 2.40. The van der Waals surface area contributed by atoms with Crippen LogP contribution in [0, 0.1) is 0 Å². The van der Waals surface area contributed by atoms with E-state index in [2.05, 4.69) is 20.8 Å². The van der Waals surface area contributed by atoms with Gasteiger partial charge in [0.05, 0.1) is 6.42 Å². The number of carbonyl (C=O) groups excluding carboxylic acids is 2. The number of aromatic amines is 1. The minimum absolute atomic E-state index is 0.0817. The van der Waals surface area contributed by atoms with E-state index in [4.69, 9.17) is 4.74 Å². The first-order chi connectivity index (χ1) is 15.1. The lowest BCUT2D eigenvalue weighted by Crippen LogP contribution is -2.36. The predicted molar refractivity (Wildman–Crippen MR) is 124 cm³/mol. The van der Waals surface area contributed by atoms with Gasteiger partial charge >= 0.3 is 6.09 Å². The molecular formula is C23H31N4O4P. The highest BCUT2D eigenvalue weighted by Crippen LogP contribution is 2.37. The molecule has 0 radical (unpaired) electrons. The molecule has 2 fully saturated rings. The molecule has 9 heteroatoms. The summed E-state index contributed by atoms with van der Waals surface area (Å²) < 4.78 is 17.7. The van der Waals surface area contributed by atoms with Crippen LogP contribution in [0.1, 0.15) is 56.2 Å². The molecule has 172 valence electrons. The van der Waals surface area contributed by atoms with Gasteiger partial charge in [-0.1, -0.05) is 24.3 Å². The third-order valence-corrected chi connectivity index (χ3v) is 7.83. The van der Waals surface area contributed by atoms with Crippen LogP contribution in [-0.4, -0.2) is 47.2 Å². The van der Waals surface area contributed by atoms with Crippen LogP contribution in [0.4, 0.5) is 10.6 Å². The number of ether oxygens (including phenoxy) is 1. The van der Waals surface area contributed by atoms with Crippen molar-refractivity contribution < 1.29 is 18.9 Å². The van der Waals surface area contributed by atoms with Crippen LogP contribution in [0.15, 0.2) is 30.3 Å². The fourth-order valence-corrected chi connectivity index (χ4v) is 4.89. The van der Waals surface area contributed by atoms with Crippen molar-refractivity contribution in [3.63, 3.8) is 0 Å². The molecule has 8 nitrogen and oxygen atoms in total. The maximum atomic E-state index is 12.4. The molecule has 3 N–H and O–H groups in total. The summed E-state index contributed by atoms with van der Waals surface area (Å²) >= 11 is 0. The van der Waals surface area contributed by atoms with E-state index in [1.54, 1.807) is 13.3 Å². The summed E-state index contributed by atoms with van der Waals surface area (Å²) in [4.78, 5) is 24.4. The molecule has 0 saturated heterocycles. The van der Waals surface area contributed by atoms with E-state index >= 15 is 0 Å². The normalized spacial score (nSPS) is 21.7. The Bertz CT molecular complexity index is 1040. The minimum atomic E-state index is -2.30. The van der Waals surface area contributed by atoms with Gasteiger partial charge in [0.25, 0.3) is 0 Å². The second-order valence-corrected chi connectivity index (χ2v) is 12.9. The van der Waals surface area contributed by atoms with E-state index < -0.39 is 7.14 Å². The lowest BCUT2D eigenvalue weighted by Gasteiger charge is -2.16. The molecule has 2 amide bonds. The number of anilines is 1. The zero-order valence-electron chi connectivity index (χ0n) is 18.8. The summed E-state index contributed by atoms with van der Waals surface area (Å²) in [5, 5.41) is 13.8. The molecule has 2 aliphatic carbocycles.